The van der Waals surface area contributed by atoms with E-state index < -0.39 is 16.1 Å². The number of sulfonamides is 1. The summed E-state index contributed by atoms with van der Waals surface area (Å²) in [5, 5.41) is 2.72. The number of anilines is 1. The zero-order valence-corrected chi connectivity index (χ0v) is 17.4. The molecule has 1 unspecified atom stereocenters. The predicted molar refractivity (Wildman–Crippen MR) is 106 cm³/mol. The van der Waals surface area contributed by atoms with Crippen molar-refractivity contribution in [2.45, 2.75) is 30.7 Å². The standard InChI is InChI=1S/C17H27N3O5S.ClH/c1-4-25-14-6-5-13(11-15(14)26(22,23)20(2)3)19-17(21)16(18)12-7-9-24-10-8-12;/h5-6,11-12,16H,4,7-10,18H2,1-3H3,(H,19,21);1H. The van der Waals surface area contributed by atoms with Crippen molar-refractivity contribution >= 4 is 34.0 Å². The molecule has 1 amide bonds. The highest BCUT2D eigenvalue weighted by atomic mass is 35.5. The van der Waals surface area contributed by atoms with Gasteiger partial charge in [0, 0.05) is 33.0 Å². The Balaban J connectivity index is 0.00000364. The van der Waals surface area contributed by atoms with Crippen molar-refractivity contribution in [2.24, 2.45) is 11.7 Å². The maximum Gasteiger partial charge on any atom is 0.246 e. The lowest BCUT2D eigenvalue weighted by Gasteiger charge is -2.26. The fourth-order valence-electron chi connectivity index (χ4n) is 2.77. The SMILES string of the molecule is CCOc1ccc(NC(=O)C(N)C2CCOCC2)cc1S(=O)(=O)N(C)C.Cl. The molecule has 1 aromatic carbocycles. The van der Waals surface area contributed by atoms with E-state index in [9.17, 15) is 13.2 Å². The molecule has 0 bridgehead atoms. The van der Waals surface area contributed by atoms with E-state index in [1.807, 2.05) is 0 Å². The van der Waals surface area contributed by atoms with Gasteiger partial charge in [0.15, 0.2) is 0 Å². The van der Waals surface area contributed by atoms with Crippen LogP contribution in [-0.4, -0.2) is 58.6 Å². The second-order valence-corrected chi connectivity index (χ2v) is 8.47. The monoisotopic (exact) mass is 421 g/mol. The number of hydrogen-bond acceptors (Lipinski definition) is 6. The third kappa shape index (κ3) is 5.79. The van der Waals surface area contributed by atoms with Crippen molar-refractivity contribution in [3.05, 3.63) is 18.2 Å². The van der Waals surface area contributed by atoms with Crippen molar-refractivity contribution < 1.29 is 22.7 Å². The van der Waals surface area contributed by atoms with Gasteiger partial charge in [0.1, 0.15) is 10.6 Å². The quantitative estimate of drug-likeness (QED) is 0.689. The predicted octanol–water partition coefficient (Wildman–Crippen LogP) is 1.45. The lowest BCUT2D eigenvalue weighted by Crippen LogP contribution is -2.44. The average Bonchev–Trinajstić information content (AvgIpc) is 2.63. The molecule has 1 fully saturated rings. The number of hydrogen-bond donors (Lipinski definition) is 2. The van der Waals surface area contributed by atoms with E-state index >= 15 is 0 Å². The zero-order chi connectivity index (χ0) is 19.3. The summed E-state index contributed by atoms with van der Waals surface area (Å²) in [5.74, 6) is -0.0430. The molecule has 0 aliphatic carbocycles. The molecular weight excluding hydrogens is 394 g/mol. The second kappa shape index (κ2) is 10.2. The fraction of sp³-hybridized carbons (Fsp3) is 0.588. The van der Waals surface area contributed by atoms with Gasteiger partial charge in [0.2, 0.25) is 15.9 Å². The molecule has 3 N–H and O–H groups in total. The van der Waals surface area contributed by atoms with Crippen LogP contribution in [0.5, 0.6) is 5.75 Å². The Morgan fingerprint density at radius 3 is 2.56 bits per heavy atom. The Labute approximate surface area is 166 Å². The largest absolute Gasteiger partial charge is 0.492 e. The Bertz CT molecular complexity index is 736. The minimum Gasteiger partial charge on any atom is -0.492 e. The van der Waals surface area contributed by atoms with E-state index in [1.165, 1.54) is 26.2 Å². The number of ether oxygens (including phenoxy) is 2. The van der Waals surface area contributed by atoms with Gasteiger partial charge in [-0.2, -0.15) is 0 Å². The molecule has 0 spiro atoms. The molecule has 0 aromatic heterocycles. The maximum atomic E-state index is 12.5. The van der Waals surface area contributed by atoms with Gasteiger partial charge in [-0.15, -0.1) is 12.4 Å². The van der Waals surface area contributed by atoms with Gasteiger partial charge in [-0.25, -0.2) is 12.7 Å². The van der Waals surface area contributed by atoms with Crippen LogP contribution in [0.15, 0.2) is 23.1 Å². The lowest BCUT2D eigenvalue weighted by atomic mass is 9.92. The van der Waals surface area contributed by atoms with Crippen molar-refractivity contribution in [1.29, 1.82) is 0 Å². The second-order valence-electron chi connectivity index (χ2n) is 6.35. The molecule has 0 radical (unpaired) electrons. The van der Waals surface area contributed by atoms with Gasteiger partial charge in [0.25, 0.3) is 0 Å². The van der Waals surface area contributed by atoms with E-state index in [2.05, 4.69) is 5.32 Å². The Morgan fingerprint density at radius 1 is 1.37 bits per heavy atom. The smallest absolute Gasteiger partial charge is 0.246 e. The number of carbonyl (C=O) groups excluding carboxylic acids is 1. The van der Waals surface area contributed by atoms with Crippen LogP contribution < -0.4 is 15.8 Å². The summed E-state index contributed by atoms with van der Waals surface area (Å²) in [7, 11) is -0.836. The van der Waals surface area contributed by atoms with E-state index in [1.54, 1.807) is 13.0 Å². The van der Waals surface area contributed by atoms with Gasteiger partial charge >= 0.3 is 0 Å². The first kappa shape index (κ1) is 23.6. The summed E-state index contributed by atoms with van der Waals surface area (Å²) in [6.45, 7) is 3.30. The molecule has 1 aliphatic rings. The van der Waals surface area contributed by atoms with E-state index in [-0.39, 0.29) is 34.9 Å². The fourth-order valence-corrected chi connectivity index (χ4v) is 3.82. The molecule has 27 heavy (non-hydrogen) atoms. The number of benzene rings is 1. The molecule has 1 saturated heterocycles. The molecular formula is C17H28ClN3O5S. The van der Waals surface area contributed by atoms with Crippen LogP contribution in [0.4, 0.5) is 5.69 Å². The van der Waals surface area contributed by atoms with E-state index in [0.717, 1.165) is 17.1 Å². The molecule has 1 aromatic rings. The highest BCUT2D eigenvalue weighted by molar-refractivity contribution is 7.89. The van der Waals surface area contributed by atoms with Gasteiger partial charge in [-0.1, -0.05) is 0 Å². The number of rotatable bonds is 7. The first-order valence-corrected chi connectivity index (χ1v) is 10.0. The van der Waals surface area contributed by atoms with Gasteiger partial charge in [-0.05, 0) is 43.9 Å². The summed E-state index contributed by atoms with van der Waals surface area (Å²) in [6, 6.07) is 3.87. The molecule has 1 aliphatic heterocycles. The molecule has 10 heteroatoms. The van der Waals surface area contributed by atoms with Crippen molar-refractivity contribution in [2.75, 3.05) is 39.2 Å². The van der Waals surface area contributed by atoms with Gasteiger partial charge in [0.05, 0.1) is 12.6 Å². The number of carbonyl (C=O) groups is 1. The van der Waals surface area contributed by atoms with Crippen LogP contribution in [0.3, 0.4) is 0 Å². The number of nitrogens with one attached hydrogen (secondary N) is 1. The molecule has 1 atom stereocenters. The van der Waals surface area contributed by atoms with Crippen LogP contribution in [-0.2, 0) is 19.6 Å². The first-order chi connectivity index (χ1) is 12.3. The highest BCUT2D eigenvalue weighted by Crippen LogP contribution is 2.29. The van der Waals surface area contributed by atoms with Crippen molar-refractivity contribution in [1.82, 2.24) is 4.31 Å². The van der Waals surface area contributed by atoms with Crippen molar-refractivity contribution in [3.8, 4) is 5.75 Å². The molecule has 2 rings (SSSR count). The third-order valence-corrected chi connectivity index (χ3v) is 6.18. The lowest BCUT2D eigenvalue weighted by molar-refractivity contribution is -0.119. The minimum absolute atomic E-state index is 0. The average molecular weight is 422 g/mol. The van der Waals surface area contributed by atoms with Crippen LogP contribution >= 0.6 is 12.4 Å². The highest BCUT2D eigenvalue weighted by Gasteiger charge is 2.28. The molecule has 8 nitrogen and oxygen atoms in total. The Kier molecular flexibility index (Phi) is 8.97. The number of nitrogens with two attached hydrogens (primary N) is 1. The first-order valence-electron chi connectivity index (χ1n) is 8.61. The number of amides is 1. The minimum atomic E-state index is -3.72. The number of nitrogens with zero attached hydrogens (tertiary/aromatic N) is 1. The van der Waals surface area contributed by atoms with Crippen LogP contribution in [0.25, 0.3) is 0 Å². The molecule has 0 saturated carbocycles. The Hall–Kier alpha value is -1.39. The van der Waals surface area contributed by atoms with Crippen LogP contribution in [0.2, 0.25) is 0 Å². The van der Waals surface area contributed by atoms with Crippen LogP contribution in [0, 0.1) is 5.92 Å². The topological polar surface area (TPSA) is 111 Å². The maximum absolute atomic E-state index is 12.5. The van der Waals surface area contributed by atoms with Gasteiger partial charge < -0.3 is 20.5 Å². The third-order valence-electron chi connectivity index (χ3n) is 4.35. The van der Waals surface area contributed by atoms with E-state index in [4.69, 9.17) is 15.2 Å². The summed E-state index contributed by atoms with van der Waals surface area (Å²) >= 11 is 0. The van der Waals surface area contributed by atoms with E-state index in [0.29, 0.717) is 25.5 Å². The van der Waals surface area contributed by atoms with Crippen LogP contribution in [0.1, 0.15) is 19.8 Å². The number of halogens is 1. The summed E-state index contributed by atoms with van der Waals surface area (Å²) in [6.07, 6.45) is 1.47. The normalized spacial score (nSPS) is 16.5. The Morgan fingerprint density at radius 2 is 2.00 bits per heavy atom. The van der Waals surface area contributed by atoms with Crippen molar-refractivity contribution in [3.63, 3.8) is 0 Å². The summed E-state index contributed by atoms with van der Waals surface area (Å²) in [4.78, 5) is 12.5. The summed E-state index contributed by atoms with van der Waals surface area (Å²) < 4.78 is 36.9. The zero-order valence-electron chi connectivity index (χ0n) is 15.8. The summed E-state index contributed by atoms with van der Waals surface area (Å²) in [5.41, 5.74) is 6.43. The molecule has 154 valence electrons. The van der Waals surface area contributed by atoms with Gasteiger partial charge in [-0.3, -0.25) is 4.79 Å². The molecule has 1 heterocycles.